The van der Waals surface area contributed by atoms with Crippen LogP contribution in [0.25, 0.3) is 0 Å². The van der Waals surface area contributed by atoms with Crippen molar-refractivity contribution in [3.63, 3.8) is 0 Å². The van der Waals surface area contributed by atoms with Gasteiger partial charge >= 0.3 is 0 Å². The third kappa shape index (κ3) is 2.72. The van der Waals surface area contributed by atoms with E-state index in [0.717, 1.165) is 38.5 Å². The largest absolute Gasteiger partial charge is 0.352 e. The minimum absolute atomic E-state index is 0.111. The number of nitrogens with zero attached hydrogens (tertiary/aromatic N) is 1. The molecule has 2 saturated carbocycles. The summed E-state index contributed by atoms with van der Waals surface area (Å²) in [4.78, 5) is 40.2. The first-order valence-electron chi connectivity index (χ1n) is 9.97. The lowest BCUT2D eigenvalue weighted by molar-refractivity contribution is -0.148. The van der Waals surface area contributed by atoms with Gasteiger partial charge in [-0.1, -0.05) is 38.3 Å². The number of amides is 3. The SMILES string of the molecule is CCC(C(=O)NC1CCCCC1)N1C(=O)C2C3C=CC(CC3)C2C1=O. The van der Waals surface area contributed by atoms with E-state index in [2.05, 4.69) is 17.5 Å². The van der Waals surface area contributed by atoms with E-state index in [1.54, 1.807) is 0 Å². The van der Waals surface area contributed by atoms with Gasteiger partial charge in [0.2, 0.25) is 17.7 Å². The second-order valence-corrected chi connectivity index (χ2v) is 8.16. The molecule has 2 bridgehead atoms. The third-order valence-electron chi connectivity index (χ3n) is 6.75. The molecule has 4 aliphatic carbocycles. The highest BCUT2D eigenvalue weighted by atomic mass is 16.2. The number of carbonyl (C=O) groups excluding carboxylic acids is 3. The van der Waals surface area contributed by atoms with Crippen molar-refractivity contribution in [1.82, 2.24) is 10.2 Å². The van der Waals surface area contributed by atoms with Crippen molar-refractivity contribution in [2.24, 2.45) is 23.7 Å². The molecule has 5 rings (SSSR count). The number of nitrogens with one attached hydrogen (secondary N) is 1. The smallest absolute Gasteiger partial charge is 0.243 e. The molecule has 1 aliphatic heterocycles. The maximum Gasteiger partial charge on any atom is 0.243 e. The van der Waals surface area contributed by atoms with Gasteiger partial charge in [-0.15, -0.1) is 0 Å². The van der Waals surface area contributed by atoms with Gasteiger partial charge < -0.3 is 5.32 Å². The fraction of sp³-hybridized carbons (Fsp3) is 0.750. The molecule has 5 atom stereocenters. The Morgan fingerprint density at radius 2 is 1.60 bits per heavy atom. The van der Waals surface area contributed by atoms with Crippen LogP contribution in [0, 0.1) is 23.7 Å². The van der Waals surface area contributed by atoms with Crippen LogP contribution >= 0.6 is 0 Å². The molecule has 0 aromatic carbocycles. The fourth-order valence-corrected chi connectivity index (χ4v) is 5.43. The van der Waals surface area contributed by atoms with Crippen molar-refractivity contribution >= 4 is 17.7 Å². The second-order valence-electron chi connectivity index (χ2n) is 8.16. The number of carbonyl (C=O) groups is 3. The van der Waals surface area contributed by atoms with Crippen LogP contribution < -0.4 is 5.32 Å². The molecule has 1 heterocycles. The number of allylic oxidation sites excluding steroid dienone is 2. The number of hydrogen-bond donors (Lipinski definition) is 1. The average molecular weight is 344 g/mol. The highest BCUT2D eigenvalue weighted by Crippen LogP contribution is 2.50. The summed E-state index contributed by atoms with van der Waals surface area (Å²) in [6.07, 6.45) is 12.2. The Kier molecular flexibility index (Phi) is 4.42. The van der Waals surface area contributed by atoms with Crippen LogP contribution in [0.15, 0.2) is 12.2 Å². The molecule has 3 amide bonds. The van der Waals surface area contributed by atoms with E-state index < -0.39 is 6.04 Å². The first-order valence-corrected chi connectivity index (χ1v) is 9.97. The van der Waals surface area contributed by atoms with E-state index in [1.165, 1.54) is 11.3 Å². The Morgan fingerprint density at radius 1 is 1.04 bits per heavy atom. The minimum atomic E-state index is -0.646. The van der Waals surface area contributed by atoms with Gasteiger partial charge in [-0.25, -0.2) is 0 Å². The zero-order valence-electron chi connectivity index (χ0n) is 14.9. The normalized spacial score (nSPS) is 35.8. The van der Waals surface area contributed by atoms with Gasteiger partial charge in [-0.05, 0) is 43.9 Å². The van der Waals surface area contributed by atoms with Crippen LogP contribution in [0.2, 0.25) is 0 Å². The average Bonchev–Trinajstić information content (AvgIpc) is 2.92. The zero-order chi connectivity index (χ0) is 17.6. The molecule has 1 N–H and O–H groups in total. The number of rotatable bonds is 4. The summed E-state index contributed by atoms with van der Waals surface area (Å²) in [5.74, 6) is -0.472. The van der Waals surface area contributed by atoms with Crippen LogP contribution in [0.4, 0.5) is 0 Å². The summed E-state index contributed by atoms with van der Waals surface area (Å²) in [5.41, 5.74) is 0. The molecule has 5 aliphatic rings. The van der Waals surface area contributed by atoms with Gasteiger partial charge in [0.25, 0.3) is 0 Å². The standard InChI is InChI=1S/C20H28N2O3/c1-2-15(18(23)21-14-6-4-3-5-7-14)22-19(24)16-12-8-9-13(11-10-12)17(16)20(22)25/h8-9,12-17H,2-7,10-11H2,1H3,(H,21,23). The highest BCUT2D eigenvalue weighted by molar-refractivity contribution is 6.09. The first kappa shape index (κ1) is 16.8. The van der Waals surface area contributed by atoms with E-state index >= 15 is 0 Å². The number of imide groups is 1. The van der Waals surface area contributed by atoms with Crippen LogP contribution in [-0.2, 0) is 14.4 Å². The maximum atomic E-state index is 13.0. The number of fused-ring (bicyclic) bond motifs is 1. The van der Waals surface area contributed by atoms with E-state index in [9.17, 15) is 14.4 Å². The van der Waals surface area contributed by atoms with Crippen molar-refractivity contribution in [2.45, 2.75) is 70.4 Å². The lowest BCUT2D eigenvalue weighted by Gasteiger charge is -2.38. The van der Waals surface area contributed by atoms with Crippen molar-refractivity contribution < 1.29 is 14.4 Å². The highest BCUT2D eigenvalue weighted by Gasteiger charge is 2.58. The molecular formula is C20H28N2O3. The predicted molar refractivity (Wildman–Crippen MR) is 93.3 cm³/mol. The Bertz CT molecular complexity index is 576. The molecule has 25 heavy (non-hydrogen) atoms. The number of hydrogen-bond acceptors (Lipinski definition) is 3. The van der Waals surface area contributed by atoms with Crippen molar-refractivity contribution in [1.29, 1.82) is 0 Å². The topological polar surface area (TPSA) is 66.5 Å². The lowest BCUT2D eigenvalue weighted by atomic mass is 9.63. The Morgan fingerprint density at radius 3 is 2.08 bits per heavy atom. The van der Waals surface area contributed by atoms with Crippen molar-refractivity contribution in [2.75, 3.05) is 0 Å². The molecule has 5 nitrogen and oxygen atoms in total. The summed E-state index contributed by atoms with van der Waals surface area (Å²) in [5, 5.41) is 3.11. The van der Waals surface area contributed by atoms with Crippen LogP contribution in [0.1, 0.15) is 58.3 Å². The predicted octanol–water partition coefficient (Wildman–Crippen LogP) is 2.41. The fourth-order valence-electron chi connectivity index (χ4n) is 5.43. The Balaban J connectivity index is 1.52. The minimum Gasteiger partial charge on any atom is -0.352 e. The third-order valence-corrected chi connectivity index (χ3v) is 6.75. The van der Waals surface area contributed by atoms with Gasteiger partial charge in [0.1, 0.15) is 6.04 Å². The first-order chi connectivity index (χ1) is 12.1. The van der Waals surface area contributed by atoms with E-state index in [0.29, 0.717) is 6.42 Å². The molecule has 0 aromatic rings. The van der Waals surface area contributed by atoms with Gasteiger partial charge in [0, 0.05) is 6.04 Å². The van der Waals surface area contributed by atoms with Gasteiger partial charge in [-0.3, -0.25) is 19.3 Å². The molecule has 136 valence electrons. The molecule has 0 spiro atoms. The van der Waals surface area contributed by atoms with E-state index in [1.807, 2.05) is 6.92 Å². The quantitative estimate of drug-likeness (QED) is 0.629. The molecule has 3 fully saturated rings. The van der Waals surface area contributed by atoms with Gasteiger partial charge in [0.15, 0.2) is 0 Å². The molecule has 1 saturated heterocycles. The maximum absolute atomic E-state index is 13.0. The summed E-state index contributed by atoms with van der Waals surface area (Å²) in [7, 11) is 0. The molecule has 5 heteroatoms. The van der Waals surface area contributed by atoms with Crippen LogP contribution in [0.3, 0.4) is 0 Å². The number of likely N-dealkylation sites (tertiary alicyclic amines) is 1. The van der Waals surface area contributed by atoms with Gasteiger partial charge in [-0.2, -0.15) is 0 Å². The van der Waals surface area contributed by atoms with Crippen molar-refractivity contribution in [3.05, 3.63) is 12.2 Å². The monoisotopic (exact) mass is 344 g/mol. The zero-order valence-corrected chi connectivity index (χ0v) is 14.9. The van der Waals surface area contributed by atoms with Crippen LogP contribution in [-0.4, -0.2) is 34.7 Å². The van der Waals surface area contributed by atoms with E-state index in [-0.39, 0.29) is 47.4 Å². The van der Waals surface area contributed by atoms with Gasteiger partial charge in [0.05, 0.1) is 11.8 Å². The molecule has 5 unspecified atom stereocenters. The molecule has 0 aromatic heterocycles. The van der Waals surface area contributed by atoms with Crippen LogP contribution in [0.5, 0.6) is 0 Å². The lowest BCUT2D eigenvalue weighted by Crippen LogP contribution is -2.52. The molecule has 0 radical (unpaired) electrons. The Labute approximate surface area is 149 Å². The summed E-state index contributed by atoms with van der Waals surface area (Å²) < 4.78 is 0. The summed E-state index contributed by atoms with van der Waals surface area (Å²) in [6, 6.07) is -0.449. The van der Waals surface area contributed by atoms with Crippen molar-refractivity contribution in [3.8, 4) is 0 Å². The summed E-state index contributed by atoms with van der Waals surface area (Å²) >= 11 is 0. The summed E-state index contributed by atoms with van der Waals surface area (Å²) in [6.45, 7) is 1.89. The molecular weight excluding hydrogens is 316 g/mol. The second kappa shape index (κ2) is 6.58. The van der Waals surface area contributed by atoms with E-state index in [4.69, 9.17) is 0 Å². The Hall–Kier alpha value is -1.65.